The van der Waals surface area contributed by atoms with Gasteiger partial charge < -0.3 is 10.1 Å². The third-order valence-corrected chi connectivity index (χ3v) is 2.95. The highest BCUT2D eigenvalue weighted by Crippen LogP contribution is 2.36. The van der Waals surface area contributed by atoms with E-state index >= 15 is 0 Å². The van der Waals surface area contributed by atoms with Crippen molar-refractivity contribution < 1.29 is 17.9 Å². The van der Waals surface area contributed by atoms with Crippen molar-refractivity contribution in [3.05, 3.63) is 29.8 Å². The van der Waals surface area contributed by atoms with Crippen LogP contribution in [0.5, 0.6) is 5.75 Å². The maximum Gasteiger partial charge on any atom is 0.419 e. The summed E-state index contributed by atoms with van der Waals surface area (Å²) in [5.41, 5.74) is -0.721. The molecule has 5 heteroatoms. The van der Waals surface area contributed by atoms with Crippen molar-refractivity contribution in [2.24, 2.45) is 0 Å². The standard InChI is InChI=1S/C15H22F3NO/c1-4-9-19-11(2)10-12(3)20-14-8-6-5-7-13(14)15(16,17)18/h5-8,11-12,19H,4,9-10H2,1-3H3. The van der Waals surface area contributed by atoms with E-state index < -0.39 is 11.7 Å². The molecule has 0 spiro atoms. The van der Waals surface area contributed by atoms with Gasteiger partial charge in [0.05, 0.1) is 11.7 Å². The zero-order chi connectivity index (χ0) is 15.2. The number of rotatable bonds is 7. The molecule has 0 aliphatic heterocycles. The van der Waals surface area contributed by atoms with E-state index in [1.165, 1.54) is 12.1 Å². The fourth-order valence-electron chi connectivity index (χ4n) is 2.04. The van der Waals surface area contributed by atoms with Crippen molar-refractivity contribution >= 4 is 0 Å². The summed E-state index contributed by atoms with van der Waals surface area (Å²) in [6.07, 6.45) is -2.98. The van der Waals surface area contributed by atoms with Crippen LogP contribution in [0.15, 0.2) is 24.3 Å². The van der Waals surface area contributed by atoms with E-state index in [-0.39, 0.29) is 17.9 Å². The number of nitrogens with one attached hydrogen (secondary N) is 1. The molecule has 0 bridgehead atoms. The normalized spacial score (nSPS) is 14.9. The maximum absolute atomic E-state index is 12.8. The number of hydrogen-bond donors (Lipinski definition) is 1. The van der Waals surface area contributed by atoms with E-state index in [1.807, 2.05) is 6.92 Å². The largest absolute Gasteiger partial charge is 0.490 e. The van der Waals surface area contributed by atoms with Crippen molar-refractivity contribution in [3.63, 3.8) is 0 Å². The van der Waals surface area contributed by atoms with Crippen LogP contribution in [0.3, 0.4) is 0 Å². The molecule has 0 heterocycles. The Morgan fingerprint density at radius 1 is 1.20 bits per heavy atom. The minimum atomic E-state index is -4.39. The first-order valence-electron chi connectivity index (χ1n) is 6.90. The van der Waals surface area contributed by atoms with Crippen LogP contribution >= 0.6 is 0 Å². The molecule has 1 aromatic rings. The molecule has 0 aliphatic rings. The van der Waals surface area contributed by atoms with Crippen LogP contribution in [0.2, 0.25) is 0 Å². The van der Waals surface area contributed by atoms with Gasteiger partial charge in [-0.25, -0.2) is 0 Å². The van der Waals surface area contributed by atoms with Gasteiger partial charge in [-0.05, 0) is 45.4 Å². The Kier molecular flexibility index (Phi) is 6.33. The third kappa shape index (κ3) is 5.41. The van der Waals surface area contributed by atoms with Crippen molar-refractivity contribution in [2.45, 2.75) is 51.9 Å². The molecule has 0 radical (unpaired) electrons. The molecule has 0 amide bonds. The summed E-state index contributed by atoms with van der Waals surface area (Å²) in [5.74, 6) is -0.102. The molecule has 1 aromatic carbocycles. The van der Waals surface area contributed by atoms with Gasteiger partial charge in [0.1, 0.15) is 5.75 Å². The molecule has 0 saturated heterocycles. The lowest BCUT2D eigenvalue weighted by molar-refractivity contribution is -0.139. The van der Waals surface area contributed by atoms with Gasteiger partial charge in [-0.2, -0.15) is 13.2 Å². The molecule has 20 heavy (non-hydrogen) atoms. The van der Waals surface area contributed by atoms with Gasteiger partial charge in [0, 0.05) is 6.04 Å². The van der Waals surface area contributed by atoms with Crippen LogP contribution in [0, 0.1) is 0 Å². The van der Waals surface area contributed by atoms with E-state index in [0.29, 0.717) is 6.42 Å². The van der Waals surface area contributed by atoms with E-state index in [2.05, 4.69) is 12.2 Å². The molecule has 0 fully saturated rings. The summed E-state index contributed by atoms with van der Waals surface area (Å²) >= 11 is 0. The van der Waals surface area contributed by atoms with Gasteiger partial charge in [-0.3, -0.25) is 0 Å². The van der Waals surface area contributed by atoms with E-state index in [1.54, 1.807) is 13.0 Å². The highest BCUT2D eigenvalue weighted by Gasteiger charge is 2.34. The van der Waals surface area contributed by atoms with Crippen molar-refractivity contribution in [2.75, 3.05) is 6.54 Å². The predicted octanol–water partition coefficient (Wildman–Crippen LogP) is 4.25. The zero-order valence-corrected chi connectivity index (χ0v) is 12.1. The molecule has 2 atom stereocenters. The summed E-state index contributed by atoms with van der Waals surface area (Å²) < 4.78 is 44.0. The molecule has 0 aromatic heterocycles. The predicted molar refractivity (Wildman–Crippen MR) is 73.9 cm³/mol. The third-order valence-electron chi connectivity index (χ3n) is 2.95. The highest BCUT2D eigenvalue weighted by molar-refractivity contribution is 5.35. The van der Waals surface area contributed by atoms with Gasteiger partial charge >= 0.3 is 6.18 Å². The minimum absolute atomic E-state index is 0.102. The van der Waals surface area contributed by atoms with Gasteiger partial charge in [-0.15, -0.1) is 0 Å². The first kappa shape index (κ1) is 16.8. The molecule has 1 N–H and O–H groups in total. The Hall–Kier alpha value is -1.23. The molecular weight excluding hydrogens is 267 g/mol. The smallest absolute Gasteiger partial charge is 0.419 e. The van der Waals surface area contributed by atoms with Crippen molar-refractivity contribution in [1.29, 1.82) is 0 Å². The second-order valence-electron chi connectivity index (χ2n) is 5.01. The lowest BCUT2D eigenvalue weighted by atomic mass is 10.1. The van der Waals surface area contributed by atoms with Crippen LogP contribution in [0.25, 0.3) is 0 Å². The highest BCUT2D eigenvalue weighted by atomic mass is 19.4. The summed E-state index contributed by atoms with van der Waals surface area (Å²) in [4.78, 5) is 0. The quantitative estimate of drug-likeness (QED) is 0.810. The molecule has 2 nitrogen and oxygen atoms in total. The Balaban J connectivity index is 2.64. The van der Waals surface area contributed by atoms with Crippen LogP contribution < -0.4 is 10.1 Å². The topological polar surface area (TPSA) is 21.3 Å². The molecule has 2 unspecified atom stereocenters. The number of hydrogen-bond acceptors (Lipinski definition) is 2. The minimum Gasteiger partial charge on any atom is -0.490 e. The molecule has 1 rings (SSSR count). The monoisotopic (exact) mass is 289 g/mol. The maximum atomic E-state index is 12.8. The first-order valence-corrected chi connectivity index (χ1v) is 6.90. The number of para-hydroxylation sites is 1. The van der Waals surface area contributed by atoms with Crippen molar-refractivity contribution in [3.8, 4) is 5.75 Å². The Bertz CT molecular complexity index is 406. The van der Waals surface area contributed by atoms with Gasteiger partial charge in [0.25, 0.3) is 0 Å². The van der Waals surface area contributed by atoms with Crippen LogP contribution in [-0.4, -0.2) is 18.7 Å². The second kappa shape index (κ2) is 7.53. The first-order chi connectivity index (χ1) is 9.34. The summed E-state index contributed by atoms with van der Waals surface area (Å²) in [6.45, 7) is 6.76. The SMILES string of the molecule is CCCNC(C)CC(C)Oc1ccccc1C(F)(F)F. The van der Waals surface area contributed by atoms with Gasteiger partial charge in [0.2, 0.25) is 0 Å². The fraction of sp³-hybridized carbons (Fsp3) is 0.600. The van der Waals surface area contributed by atoms with E-state index in [0.717, 1.165) is 19.0 Å². The number of ether oxygens (including phenoxy) is 1. The lowest BCUT2D eigenvalue weighted by Gasteiger charge is -2.22. The van der Waals surface area contributed by atoms with E-state index in [9.17, 15) is 13.2 Å². The van der Waals surface area contributed by atoms with Crippen molar-refractivity contribution in [1.82, 2.24) is 5.32 Å². The van der Waals surface area contributed by atoms with Gasteiger partial charge in [0.15, 0.2) is 0 Å². The Morgan fingerprint density at radius 2 is 1.85 bits per heavy atom. The van der Waals surface area contributed by atoms with Crippen LogP contribution in [0.4, 0.5) is 13.2 Å². The van der Waals surface area contributed by atoms with Crippen LogP contribution in [0.1, 0.15) is 39.2 Å². The zero-order valence-electron chi connectivity index (χ0n) is 12.1. The van der Waals surface area contributed by atoms with Crippen LogP contribution in [-0.2, 0) is 6.18 Å². The fourth-order valence-corrected chi connectivity index (χ4v) is 2.04. The van der Waals surface area contributed by atoms with E-state index in [4.69, 9.17) is 4.74 Å². The second-order valence-corrected chi connectivity index (χ2v) is 5.01. The number of halogens is 3. The van der Waals surface area contributed by atoms with Gasteiger partial charge in [-0.1, -0.05) is 19.1 Å². The lowest BCUT2D eigenvalue weighted by Crippen LogP contribution is -2.31. The molecular formula is C15H22F3NO. The molecule has 0 aliphatic carbocycles. The average Bonchev–Trinajstić information content (AvgIpc) is 2.35. The number of benzene rings is 1. The molecule has 114 valence electrons. The summed E-state index contributed by atoms with van der Waals surface area (Å²) in [7, 11) is 0. The summed E-state index contributed by atoms with van der Waals surface area (Å²) in [6, 6.07) is 5.54. The number of alkyl halides is 3. The summed E-state index contributed by atoms with van der Waals surface area (Å²) in [5, 5.41) is 3.29. The molecule has 0 saturated carbocycles. The Labute approximate surface area is 118 Å². The Morgan fingerprint density at radius 3 is 2.45 bits per heavy atom. The average molecular weight is 289 g/mol.